The molecule has 18 nitrogen and oxygen atoms in total. The number of hydrogen-bond acceptors (Lipinski definition) is 10. The quantitative estimate of drug-likeness (QED) is 0.0983. The van der Waals surface area contributed by atoms with Crippen LogP contribution in [0, 0.1) is 0 Å². The summed E-state index contributed by atoms with van der Waals surface area (Å²) in [5.74, 6) is -3.87. The predicted octanol–water partition coefficient (Wildman–Crippen LogP) is 1.78. The zero-order valence-corrected chi connectivity index (χ0v) is 39.8. The summed E-state index contributed by atoms with van der Waals surface area (Å²) in [5.41, 5.74) is 2.90. The Balaban J connectivity index is 1.21. The number of aromatic nitrogens is 3. The van der Waals surface area contributed by atoms with Crippen LogP contribution in [0.5, 0.6) is 5.75 Å². The van der Waals surface area contributed by atoms with Crippen LogP contribution in [0.3, 0.4) is 0 Å². The van der Waals surface area contributed by atoms with Crippen LogP contribution >= 0.6 is 11.3 Å². The molecule has 1 aliphatic heterocycles. The number of nitrogens with zero attached hydrogens (tertiary/aromatic N) is 2. The summed E-state index contributed by atoms with van der Waals surface area (Å²) in [5, 5.41) is 20.3. The van der Waals surface area contributed by atoms with E-state index >= 15 is 0 Å². The average Bonchev–Trinajstić information content (AvgIpc) is 4.10. The first-order valence-corrected chi connectivity index (χ1v) is 24.6. The number of amides is 7. The van der Waals surface area contributed by atoms with Gasteiger partial charge in [-0.3, -0.25) is 9.59 Å². The molecule has 0 fully saturated rings. The molecule has 8 N–H and O–H groups in total. The summed E-state index contributed by atoms with van der Waals surface area (Å²) in [6.07, 6.45) is 3.57. The molecule has 0 unspecified atom stereocenters. The molecule has 0 spiro atoms. The summed E-state index contributed by atoms with van der Waals surface area (Å²) in [7, 11) is 2.99. The summed E-state index contributed by atoms with van der Waals surface area (Å²) in [6.45, 7) is 2.47. The molecule has 7 amide bonds. The first-order valence-electron chi connectivity index (χ1n) is 21.7. The van der Waals surface area contributed by atoms with Crippen molar-refractivity contribution in [3.63, 3.8) is 0 Å². The van der Waals surface area contributed by atoms with E-state index in [9.17, 15) is 33.6 Å². The Labute approximate surface area is 396 Å². The van der Waals surface area contributed by atoms with Crippen molar-refractivity contribution in [1.82, 2.24) is 51.8 Å². The minimum atomic E-state index is -1.28. The number of thiazole rings is 1. The summed E-state index contributed by atoms with van der Waals surface area (Å²) < 4.78 is 6.63. The molecule has 67 heavy (non-hydrogen) atoms. The van der Waals surface area contributed by atoms with Crippen LogP contribution < -0.4 is 41.1 Å². The van der Waals surface area contributed by atoms with Crippen molar-refractivity contribution in [3.8, 4) is 5.75 Å². The van der Waals surface area contributed by atoms with Crippen LogP contribution in [0.1, 0.15) is 52.9 Å². The molecule has 1 aliphatic rings. The van der Waals surface area contributed by atoms with Gasteiger partial charge < -0.3 is 20.0 Å². The van der Waals surface area contributed by atoms with Crippen LogP contribution in [-0.4, -0.2) is 128 Å². The van der Waals surface area contributed by atoms with E-state index in [2.05, 4.69) is 46.9 Å². The molecule has 6 aromatic rings. The Bertz CT molecular complexity index is 2770. The van der Waals surface area contributed by atoms with E-state index in [1.165, 1.54) is 24.4 Å². The maximum atomic E-state index is 14.6. The molecule has 0 aliphatic carbocycles. The monoisotopic (exact) mass is 996 g/mol. The van der Waals surface area contributed by atoms with Gasteiger partial charge in [-0.2, -0.15) is 0 Å². The number of likely N-dealkylation sites (N-methyl/N-ethyl adjacent to an activating group) is 1. The van der Waals surface area contributed by atoms with E-state index in [4.69, 9.17) is 4.74 Å². The van der Waals surface area contributed by atoms with Crippen LogP contribution in [0.15, 0.2) is 90.6 Å². The normalized spacial score (nSPS) is 20.9. The van der Waals surface area contributed by atoms with Gasteiger partial charge in [0.15, 0.2) is 0 Å². The molecule has 0 saturated heterocycles. The number of ether oxygens (including phenoxy) is 1. The third-order valence-corrected chi connectivity index (χ3v) is 14.6. The molecule has 350 valence electrons. The van der Waals surface area contributed by atoms with Gasteiger partial charge in [-0.25, -0.2) is 0 Å². The number of rotatable bonds is 9. The van der Waals surface area contributed by atoms with Crippen LogP contribution in [0.4, 0.5) is 0 Å². The maximum absolute atomic E-state index is 14.6. The minimum absolute atomic E-state index is 0.00460. The number of fused-ring (bicyclic) bond motifs is 4. The van der Waals surface area contributed by atoms with Crippen molar-refractivity contribution in [1.29, 1.82) is 0 Å². The second kappa shape index (κ2) is 22.0. The predicted molar refractivity (Wildman–Crippen MR) is 254 cm³/mol. The van der Waals surface area contributed by atoms with Crippen molar-refractivity contribution in [2.24, 2.45) is 0 Å². The van der Waals surface area contributed by atoms with E-state index in [1.807, 2.05) is 66.7 Å². The first kappa shape index (κ1) is 47.9. The van der Waals surface area contributed by atoms with Gasteiger partial charge in [-0.05, 0) is 29.3 Å². The van der Waals surface area contributed by atoms with Crippen molar-refractivity contribution in [3.05, 3.63) is 112 Å². The molecule has 4 heterocycles. The van der Waals surface area contributed by atoms with E-state index < -0.39 is 78.1 Å². The van der Waals surface area contributed by atoms with Crippen molar-refractivity contribution >= 4 is 93.9 Å². The van der Waals surface area contributed by atoms with Gasteiger partial charge in [0.2, 0.25) is 5.91 Å². The number of H-pyrrole nitrogens is 2. The number of methoxy groups -OCH3 is 1. The fraction of sp³-hybridized carbons (Fsp3) is 0.319. The van der Waals surface area contributed by atoms with Gasteiger partial charge in [0.05, 0.1) is 7.11 Å². The fourth-order valence-electron chi connectivity index (χ4n) is 7.75. The number of aromatic amines is 2. The summed E-state index contributed by atoms with van der Waals surface area (Å²) in [4.78, 5) is 110. The molecule has 0 saturated carbocycles. The number of benzene rings is 3. The topological polar surface area (TPSA) is 249 Å². The average molecular weight is 996 g/mol. The van der Waals surface area contributed by atoms with Gasteiger partial charge in [0.25, 0.3) is 0 Å². The number of carbonyl (C=O) groups excluding carboxylic acids is 7. The third-order valence-electron chi connectivity index (χ3n) is 11.3. The first-order chi connectivity index (χ1) is 32.3. The van der Waals surface area contributed by atoms with Crippen LogP contribution in [-0.2, 0) is 41.6 Å². The van der Waals surface area contributed by atoms with E-state index in [-0.39, 0.29) is 51.8 Å². The molecule has 20 heteroatoms. The number of nitrogens with one attached hydrogen (secondary N) is 8. The fourth-order valence-corrected chi connectivity index (χ4v) is 10.5. The Hall–Kier alpha value is -7.02. The molecule has 0 radical (unpaired) electrons. The second-order valence-corrected chi connectivity index (χ2v) is 19.2. The zero-order chi connectivity index (χ0) is 47.6. The van der Waals surface area contributed by atoms with Crippen molar-refractivity contribution in [2.45, 2.75) is 68.6 Å². The van der Waals surface area contributed by atoms with Gasteiger partial charge in [-0.1, -0.05) is 24.3 Å². The molecular formula is C47H52N10O8SSe. The number of carbonyl (C=O) groups is 7. The number of para-hydroxylation sites is 1. The molecule has 5 atom stereocenters. The Morgan fingerprint density at radius 2 is 1.40 bits per heavy atom. The standard InChI is InChI=1S/C47H52N10O8SSe/c1-5-31-43(61)55-37(25-67-29-12-7-6-8-13-29)47(64)57(3)23-40(59)51-26(2)46-56-36(24-66-46)45(63)54-35(18-27-20-48-32-15-10-9-14-30(27)32)44(62)53-34(42(60)50-22-39(58)52-31)19-28-21-49-33-16-11-17-38(65-4)41(28)33/h6-17,20-21,24,26,31,34-35,37,48-49H,5,18-19,22-23,25H2,1-4H3,(H,50,60)(H,51,59)(H,52,58)(H,53,62)(H,54,63)(H,55,61)/t26-,31-,34+,35+,37+/m1/s1. The van der Waals surface area contributed by atoms with Crippen LogP contribution in [0.25, 0.3) is 21.8 Å². The molecular weight excluding hydrogens is 944 g/mol. The van der Waals surface area contributed by atoms with Gasteiger partial charge in [0.1, 0.15) is 11.8 Å². The van der Waals surface area contributed by atoms with Crippen molar-refractivity contribution < 1.29 is 38.3 Å². The van der Waals surface area contributed by atoms with Crippen LogP contribution in [0.2, 0.25) is 5.32 Å². The van der Waals surface area contributed by atoms with E-state index in [0.717, 1.165) is 37.8 Å². The molecule has 3 aromatic carbocycles. The van der Waals surface area contributed by atoms with Gasteiger partial charge >= 0.3 is 249 Å². The number of hydrogen-bond donors (Lipinski definition) is 8. The summed E-state index contributed by atoms with van der Waals surface area (Å²) in [6, 6.07) is 17.1. The van der Waals surface area contributed by atoms with Gasteiger partial charge in [0, 0.05) is 40.6 Å². The third kappa shape index (κ3) is 11.9. The van der Waals surface area contributed by atoms with E-state index in [0.29, 0.717) is 21.7 Å². The Morgan fingerprint density at radius 1 is 0.731 bits per heavy atom. The van der Waals surface area contributed by atoms with E-state index in [1.54, 1.807) is 32.3 Å². The Morgan fingerprint density at radius 3 is 2.18 bits per heavy atom. The van der Waals surface area contributed by atoms with Gasteiger partial charge in [-0.15, -0.1) is 0 Å². The molecule has 7 rings (SSSR count). The molecule has 3 aromatic heterocycles. The Kier molecular flexibility index (Phi) is 15.7. The summed E-state index contributed by atoms with van der Waals surface area (Å²) >= 11 is 0.881. The van der Waals surface area contributed by atoms with Crippen molar-refractivity contribution in [2.75, 3.05) is 27.2 Å². The SMILES string of the molecule is CC[C@H]1NC(=O)CNC(=O)[C@H](Cc2c[nH]c3cccc(OC)c23)NC(=O)[C@H](Cc2c[nH]c3ccccc23)NC(=O)c2csc(n2)[C@@H](C)NC(=O)CN(C)C(=O)[C@H](C[Se]c2ccccc2)NC1=O. The molecule has 2 bridgehead atoms. The second-order valence-electron chi connectivity index (χ2n) is 16.0. The zero-order valence-electron chi connectivity index (χ0n) is 37.3.